The monoisotopic (exact) mass is 656 g/mol. The lowest BCUT2D eigenvalue weighted by Gasteiger charge is -2.21. The lowest BCUT2D eigenvalue weighted by atomic mass is 9.85. The van der Waals surface area contributed by atoms with E-state index in [9.17, 15) is 26.0 Å². The molecule has 0 N–H and O–H groups in total. The van der Waals surface area contributed by atoms with Gasteiger partial charge >= 0.3 is 0 Å². The van der Waals surface area contributed by atoms with Gasteiger partial charge < -0.3 is 0 Å². The molecule has 0 saturated heterocycles. The van der Waals surface area contributed by atoms with Crippen molar-refractivity contribution < 1.29 is 26.0 Å². The average molecular weight is 657 g/mol. The summed E-state index contributed by atoms with van der Waals surface area (Å²) in [4.78, 5) is 17.1. The summed E-state index contributed by atoms with van der Waals surface area (Å²) in [5.74, 6) is -1.68. The van der Waals surface area contributed by atoms with Gasteiger partial charge in [0, 0.05) is 53.3 Å². The minimum absolute atomic E-state index is 0.0228. The van der Waals surface area contributed by atoms with Crippen molar-refractivity contribution in [3.05, 3.63) is 107 Å². The lowest BCUT2D eigenvalue weighted by molar-refractivity contribution is 0.0955. The fraction of sp³-hybridized carbons (Fsp3) is 0.194. The molecule has 0 radical (unpaired) electrons. The number of sulfonamides is 2. The van der Waals surface area contributed by atoms with Crippen molar-refractivity contribution in [1.82, 2.24) is 8.61 Å². The van der Waals surface area contributed by atoms with Gasteiger partial charge in [0.05, 0.1) is 15.7 Å². The summed E-state index contributed by atoms with van der Waals surface area (Å²) in [6.45, 7) is 0. The molecule has 12 heteroatoms. The zero-order chi connectivity index (χ0) is 31.1. The molecule has 7 nitrogen and oxygen atoms in total. The smallest absolute Gasteiger partial charge is 0.242 e. The van der Waals surface area contributed by atoms with Crippen LogP contribution in [0, 0.1) is 5.82 Å². The highest BCUT2D eigenvalue weighted by Gasteiger charge is 2.33. The summed E-state index contributed by atoms with van der Waals surface area (Å²) in [5, 5.41) is 0. The molecule has 1 aliphatic rings. The first-order chi connectivity index (χ1) is 20.3. The van der Waals surface area contributed by atoms with Crippen molar-refractivity contribution in [2.24, 2.45) is 0 Å². The highest BCUT2D eigenvalue weighted by atomic mass is 32.2. The van der Waals surface area contributed by atoms with E-state index < -0.39 is 31.8 Å². The Hall–Kier alpha value is -3.00. The quantitative estimate of drug-likeness (QED) is 0.225. The zero-order valence-corrected chi connectivity index (χ0v) is 27.1. The van der Waals surface area contributed by atoms with Crippen LogP contribution >= 0.6 is 23.5 Å². The van der Waals surface area contributed by atoms with Gasteiger partial charge in [-0.3, -0.25) is 4.79 Å². The first kappa shape index (κ1) is 31.4. The Morgan fingerprint density at radius 1 is 0.767 bits per heavy atom. The fourth-order valence-electron chi connectivity index (χ4n) is 4.72. The third-order valence-electron chi connectivity index (χ3n) is 7.09. The maximum absolute atomic E-state index is 14.3. The maximum atomic E-state index is 14.3. The summed E-state index contributed by atoms with van der Waals surface area (Å²) >= 11 is 2.64. The topological polar surface area (TPSA) is 91.8 Å². The molecule has 5 rings (SSSR count). The molecule has 0 aliphatic carbocycles. The molecular weight excluding hydrogens is 628 g/mol. The molecule has 224 valence electrons. The van der Waals surface area contributed by atoms with Crippen molar-refractivity contribution in [2.75, 3.05) is 28.2 Å². The van der Waals surface area contributed by atoms with Gasteiger partial charge in [0.2, 0.25) is 20.0 Å². The largest absolute Gasteiger partial charge is 0.293 e. The minimum Gasteiger partial charge on any atom is -0.293 e. The predicted octanol–water partition coefficient (Wildman–Crippen LogP) is 6.15. The molecule has 0 aromatic heterocycles. The Morgan fingerprint density at radius 2 is 1.40 bits per heavy atom. The number of carbonyl (C=O) groups excluding carboxylic acids is 1. The number of fused-ring (bicyclic) bond motifs is 2. The maximum Gasteiger partial charge on any atom is 0.242 e. The normalized spacial score (nSPS) is 15.3. The number of carbonyl (C=O) groups is 1. The number of nitrogens with zero attached hydrogens (tertiary/aromatic N) is 2. The summed E-state index contributed by atoms with van der Waals surface area (Å²) in [5.41, 5.74) is 1.41. The van der Waals surface area contributed by atoms with Crippen LogP contribution in [0.2, 0.25) is 0 Å². The van der Waals surface area contributed by atoms with Crippen molar-refractivity contribution in [2.45, 2.75) is 41.7 Å². The number of hydrogen-bond donors (Lipinski definition) is 0. The minimum atomic E-state index is -3.83. The van der Waals surface area contributed by atoms with E-state index in [0.29, 0.717) is 26.5 Å². The number of halogens is 1. The molecule has 1 aliphatic heterocycles. The molecule has 0 bridgehead atoms. The number of Topliss-reactive ketones (excluding diaryl/α,β-unsaturated/α-hetero) is 1. The number of ketones is 1. The highest BCUT2D eigenvalue weighted by Crippen LogP contribution is 2.45. The van der Waals surface area contributed by atoms with Crippen molar-refractivity contribution >= 4 is 49.4 Å². The van der Waals surface area contributed by atoms with Crippen molar-refractivity contribution in [3.63, 3.8) is 0 Å². The van der Waals surface area contributed by atoms with Crippen LogP contribution in [0.3, 0.4) is 0 Å². The average Bonchev–Trinajstić information content (AvgIpc) is 3.07. The Bertz CT molecular complexity index is 1930. The molecule has 4 aromatic rings. The van der Waals surface area contributed by atoms with Crippen LogP contribution in [0.5, 0.6) is 0 Å². The van der Waals surface area contributed by atoms with E-state index in [4.69, 9.17) is 0 Å². The predicted molar refractivity (Wildman–Crippen MR) is 166 cm³/mol. The van der Waals surface area contributed by atoms with Crippen molar-refractivity contribution in [3.8, 4) is 0 Å². The third kappa shape index (κ3) is 6.31. The molecule has 1 heterocycles. The van der Waals surface area contributed by atoms with E-state index >= 15 is 0 Å². The summed E-state index contributed by atoms with van der Waals surface area (Å²) in [7, 11) is -1.86. The first-order valence-corrected chi connectivity index (χ1v) is 17.7. The van der Waals surface area contributed by atoms with E-state index in [2.05, 4.69) is 0 Å². The van der Waals surface area contributed by atoms with E-state index in [-0.39, 0.29) is 22.0 Å². The van der Waals surface area contributed by atoms with E-state index in [1.54, 1.807) is 24.3 Å². The Balaban J connectivity index is 1.71. The Morgan fingerprint density at radius 3 is 2.05 bits per heavy atom. The molecule has 1 unspecified atom stereocenters. The van der Waals surface area contributed by atoms with Gasteiger partial charge in [0.1, 0.15) is 5.82 Å². The molecule has 43 heavy (non-hydrogen) atoms. The van der Waals surface area contributed by atoms with Crippen LogP contribution in [0.4, 0.5) is 4.39 Å². The highest BCUT2D eigenvalue weighted by molar-refractivity contribution is 7.99. The molecule has 4 aromatic carbocycles. The summed E-state index contributed by atoms with van der Waals surface area (Å²) in [6, 6.07) is 23.0. The van der Waals surface area contributed by atoms with Crippen LogP contribution in [0.15, 0.2) is 114 Å². The second kappa shape index (κ2) is 12.2. The molecular formula is C31H29FN2O5S4. The van der Waals surface area contributed by atoms with Crippen LogP contribution < -0.4 is 0 Å². The first-order valence-electron chi connectivity index (χ1n) is 13.2. The van der Waals surface area contributed by atoms with E-state index in [1.807, 2.05) is 30.3 Å². The lowest BCUT2D eigenvalue weighted by Crippen LogP contribution is -2.23. The molecule has 0 amide bonds. The van der Waals surface area contributed by atoms with Gasteiger partial charge in [-0.25, -0.2) is 29.8 Å². The molecule has 1 atom stereocenters. The molecule has 0 fully saturated rings. The standard InChI is InChI=1S/C31H29FN2O5S4/c1-33(2)42(36,37)23-11-14-28(40-22-8-6-5-7-9-22)20(16-23)17-27-26-19-24(43(38,39)34(3)4)12-15-29(26)41-30-18-21(32)10-13-25(30)31(27)35/h5-16,18-19,27H,17H2,1-4H3. The van der Waals surface area contributed by atoms with E-state index in [1.165, 1.54) is 82.0 Å². The molecule has 0 spiro atoms. The summed E-state index contributed by atoms with van der Waals surface area (Å²) in [6.07, 6.45) is 0.0840. The van der Waals surface area contributed by atoms with E-state index in [0.717, 1.165) is 18.4 Å². The number of hydrogen-bond acceptors (Lipinski definition) is 7. The van der Waals surface area contributed by atoms with Crippen LogP contribution in [0.1, 0.15) is 27.4 Å². The van der Waals surface area contributed by atoms with Gasteiger partial charge in [-0.05, 0) is 84.3 Å². The van der Waals surface area contributed by atoms with Crippen LogP contribution in [-0.2, 0) is 26.5 Å². The second-order valence-electron chi connectivity index (χ2n) is 10.3. The van der Waals surface area contributed by atoms with Crippen LogP contribution in [0.25, 0.3) is 0 Å². The van der Waals surface area contributed by atoms with Gasteiger partial charge in [0.15, 0.2) is 5.78 Å². The molecule has 0 saturated carbocycles. The van der Waals surface area contributed by atoms with Gasteiger partial charge in [-0.15, -0.1) is 0 Å². The zero-order valence-electron chi connectivity index (χ0n) is 23.8. The third-order valence-corrected chi connectivity index (χ3v) is 13.0. The fourth-order valence-corrected chi connectivity index (χ4v) is 8.71. The number of benzene rings is 4. The van der Waals surface area contributed by atoms with Crippen LogP contribution in [-0.4, -0.2) is 59.4 Å². The Kier molecular flexibility index (Phi) is 8.90. The number of rotatable bonds is 8. The summed E-state index contributed by atoms with van der Waals surface area (Å²) < 4.78 is 69.0. The van der Waals surface area contributed by atoms with Gasteiger partial charge in [0.25, 0.3) is 0 Å². The SMILES string of the molecule is CN(C)S(=O)(=O)c1ccc(Sc2ccccc2)c(CC2C(=O)c3ccc(F)cc3Sc3ccc(S(=O)(=O)N(C)C)cc32)c1. The van der Waals surface area contributed by atoms with Gasteiger partial charge in [-0.2, -0.15) is 0 Å². The second-order valence-corrected chi connectivity index (χ2v) is 16.8. The van der Waals surface area contributed by atoms with Gasteiger partial charge in [-0.1, -0.05) is 41.7 Å². The Labute approximate surface area is 260 Å². The van der Waals surface area contributed by atoms with Crippen molar-refractivity contribution in [1.29, 1.82) is 0 Å².